The summed E-state index contributed by atoms with van der Waals surface area (Å²) in [5, 5.41) is 0.539. The predicted molar refractivity (Wildman–Crippen MR) is 83.0 cm³/mol. The van der Waals surface area contributed by atoms with Crippen LogP contribution in [0.1, 0.15) is 27.2 Å². The molecule has 2 unspecified atom stereocenters. The van der Waals surface area contributed by atoms with Crippen molar-refractivity contribution in [2.24, 2.45) is 4.99 Å². The number of rotatable bonds is 4. The lowest BCUT2D eigenvalue weighted by Gasteiger charge is -2.25. The third-order valence-corrected chi connectivity index (χ3v) is 4.61. The molecular formula is C15H18F2N2OS. The summed E-state index contributed by atoms with van der Waals surface area (Å²) in [5.74, 6) is -0.629. The van der Waals surface area contributed by atoms with E-state index in [4.69, 9.17) is 0 Å². The van der Waals surface area contributed by atoms with Crippen molar-refractivity contribution in [3.05, 3.63) is 30.1 Å². The molecule has 1 aromatic rings. The van der Waals surface area contributed by atoms with Crippen molar-refractivity contribution >= 4 is 28.5 Å². The van der Waals surface area contributed by atoms with Crippen molar-refractivity contribution in [2.45, 2.75) is 38.1 Å². The fraction of sp³-hybridized carbons (Fsp3) is 0.467. The van der Waals surface area contributed by atoms with Crippen LogP contribution in [-0.4, -0.2) is 28.5 Å². The third kappa shape index (κ3) is 3.43. The first-order chi connectivity index (χ1) is 9.85. The summed E-state index contributed by atoms with van der Waals surface area (Å²) in [7, 11) is 0. The molecule has 1 heterocycles. The van der Waals surface area contributed by atoms with Gasteiger partial charge in [-0.25, -0.2) is 8.78 Å². The lowest BCUT2D eigenvalue weighted by Crippen LogP contribution is -2.32. The summed E-state index contributed by atoms with van der Waals surface area (Å²) in [6.45, 7) is 5.66. The van der Waals surface area contributed by atoms with Gasteiger partial charge in [-0.3, -0.25) is 4.79 Å². The molecule has 0 saturated heterocycles. The van der Waals surface area contributed by atoms with Crippen LogP contribution in [0.15, 0.2) is 29.3 Å². The maximum Gasteiger partial charge on any atom is 0.264 e. The number of alkyl halides is 1. The molecule has 114 valence electrons. The number of anilines is 1. The van der Waals surface area contributed by atoms with Crippen molar-refractivity contribution in [3.8, 4) is 0 Å². The number of nitrogens with zero attached hydrogens (tertiary/aromatic N) is 2. The number of halogens is 2. The third-order valence-electron chi connectivity index (χ3n) is 3.32. The molecule has 2 atom stereocenters. The molecule has 0 spiro atoms. The van der Waals surface area contributed by atoms with Crippen molar-refractivity contribution in [1.29, 1.82) is 0 Å². The molecule has 0 bridgehead atoms. The van der Waals surface area contributed by atoms with Gasteiger partial charge in [-0.15, -0.1) is 0 Å². The minimum absolute atomic E-state index is 0.129. The molecule has 1 aliphatic rings. The Hall–Kier alpha value is -1.43. The Morgan fingerprint density at radius 1 is 1.38 bits per heavy atom. The van der Waals surface area contributed by atoms with Gasteiger partial charge in [0.15, 0.2) is 5.17 Å². The highest BCUT2D eigenvalue weighted by atomic mass is 32.2. The average molecular weight is 312 g/mol. The fourth-order valence-electron chi connectivity index (χ4n) is 2.30. The fourth-order valence-corrected chi connectivity index (χ4v) is 3.63. The van der Waals surface area contributed by atoms with Crippen LogP contribution in [-0.2, 0) is 4.79 Å². The van der Waals surface area contributed by atoms with Gasteiger partial charge in [0.25, 0.3) is 5.91 Å². The van der Waals surface area contributed by atoms with E-state index in [9.17, 15) is 13.6 Å². The van der Waals surface area contributed by atoms with E-state index in [-0.39, 0.29) is 18.1 Å². The van der Waals surface area contributed by atoms with E-state index in [1.165, 1.54) is 30.8 Å². The highest BCUT2D eigenvalue weighted by Crippen LogP contribution is 2.40. The van der Waals surface area contributed by atoms with Gasteiger partial charge in [-0.05, 0) is 45.0 Å². The van der Waals surface area contributed by atoms with Gasteiger partial charge in [0.05, 0.1) is 6.17 Å². The first-order valence-electron chi connectivity index (χ1n) is 6.85. The number of carbonyl (C=O) groups is 1. The van der Waals surface area contributed by atoms with Gasteiger partial charge in [0, 0.05) is 18.7 Å². The molecule has 0 aliphatic carbocycles. The van der Waals surface area contributed by atoms with Crippen LogP contribution in [0, 0.1) is 5.82 Å². The first kappa shape index (κ1) is 15.9. The van der Waals surface area contributed by atoms with Crippen LogP contribution in [0.5, 0.6) is 0 Å². The highest BCUT2D eigenvalue weighted by Gasteiger charge is 2.43. The molecule has 1 amide bonds. The van der Waals surface area contributed by atoms with Crippen LogP contribution in [0.4, 0.5) is 14.5 Å². The maximum atomic E-state index is 13.3. The highest BCUT2D eigenvalue weighted by molar-refractivity contribution is 8.16. The van der Waals surface area contributed by atoms with E-state index in [1.54, 1.807) is 19.1 Å². The zero-order valence-corrected chi connectivity index (χ0v) is 13.1. The second kappa shape index (κ2) is 6.13. The number of hydrogen-bond donors (Lipinski definition) is 0. The van der Waals surface area contributed by atoms with Crippen LogP contribution >= 0.6 is 11.8 Å². The first-order valence-corrected chi connectivity index (χ1v) is 7.66. The summed E-state index contributed by atoms with van der Waals surface area (Å²) in [5.41, 5.74) is 0.760. The molecule has 0 N–H and O–H groups in total. The van der Waals surface area contributed by atoms with Crippen LogP contribution in [0.2, 0.25) is 0 Å². The number of amides is 1. The summed E-state index contributed by atoms with van der Waals surface area (Å²) >= 11 is 1.27. The number of hydrogen-bond acceptors (Lipinski definition) is 3. The van der Waals surface area contributed by atoms with E-state index in [0.29, 0.717) is 11.7 Å². The molecule has 0 radical (unpaired) electrons. The minimum Gasteiger partial charge on any atom is -0.321 e. The molecule has 0 saturated carbocycles. The van der Waals surface area contributed by atoms with Crippen LogP contribution < -0.4 is 4.90 Å². The van der Waals surface area contributed by atoms with E-state index in [0.717, 1.165) is 5.69 Å². The Morgan fingerprint density at radius 2 is 2.00 bits per heavy atom. The van der Waals surface area contributed by atoms with E-state index in [1.807, 2.05) is 11.8 Å². The van der Waals surface area contributed by atoms with Crippen LogP contribution in [0.25, 0.3) is 0 Å². The second-order valence-corrected chi connectivity index (χ2v) is 6.71. The molecule has 0 fully saturated rings. The summed E-state index contributed by atoms with van der Waals surface area (Å²) in [6.07, 6.45) is -0.938. The lowest BCUT2D eigenvalue weighted by atomic mass is 10.0. The van der Waals surface area contributed by atoms with Crippen molar-refractivity contribution < 1.29 is 13.6 Å². The molecular weight excluding hydrogens is 294 g/mol. The molecule has 6 heteroatoms. The Morgan fingerprint density at radius 3 is 2.52 bits per heavy atom. The van der Waals surface area contributed by atoms with Gasteiger partial charge < -0.3 is 4.90 Å². The Kier molecular flexibility index (Phi) is 4.66. The van der Waals surface area contributed by atoms with Crippen LogP contribution in [0.3, 0.4) is 0 Å². The number of thioether (sulfide) groups is 1. The Labute approximate surface area is 127 Å². The second-order valence-electron chi connectivity index (χ2n) is 5.24. The quantitative estimate of drug-likeness (QED) is 0.848. The normalized spacial score (nSPS) is 23.1. The van der Waals surface area contributed by atoms with E-state index in [2.05, 4.69) is 4.99 Å². The Balaban J connectivity index is 2.23. The van der Waals surface area contributed by atoms with Gasteiger partial charge in [0.2, 0.25) is 0 Å². The predicted octanol–water partition coefficient (Wildman–Crippen LogP) is 3.79. The minimum atomic E-state index is -1.07. The van der Waals surface area contributed by atoms with E-state index < -0.39 is 10.9 Å². The zero-order chi connectivity index (χ0) is 15.6. The number of carbonyl (C=O) groups excluding carboxylic acids is 1. The number of amidine groups is 1. The summed E-state index contributed by atoms with van der Waals surface area (Å²) < 4.78 is 25.4. The summed E-state index contributed by atoms with van der Waals surface area (Å²) in [6, 6.07) is 6.01. The van der Waals surface area contributed by atoms with Gasteiger partial charge in [-0.2, -0.15) is 4.99 Å². The molecule has 0 aromatic heterocycles. The summed E-state index contributed by atoms with van der Waals surface area (Å²) in [4.78, 5) is 18.0. The molecule has 1 aromatic carbocycles. The van der Waals surface area contributed by atoms with Gasteiger partial charge >= 0.3 is 0 Å². The van der Waals surface area contributed by atoms with Gasteiger partial charge in [0.1, 0.15) is 10.6 Å². The van der Waals surface area contributed by atoms with Crippen molar-refractivity contribution in [2.75, 3.05) is 11.4 Å². The number of aliphatic imine (C=N–C) groups is 1. The average Bonchev–Trinajstić information content (AvgIpc) is 2.67. The zero-order valence-electron chi connectivity index (χ0n) is 12.3. The Bertz CT molecular complexity index is 559. The van der Waals surface area contributed by atoms with Gasteiger partial charge in [-0.1, -0.05) is 11.8 Å². The lowest BCUT2D eigenvalue weighted by molar-refractivity contribution is -0.119. The van der Waals surface area contributed by atoms with Crippen molar-refractivity contribution in [3.63, 3.8) is 0 Å². The molecule has 3 nitrogen and oxygen atoms in total. The van der Waals surface area contributed by atoms with E-state index >= 15 is 0 Å². The molecule has 21 heavy (non-hydrogen) atoms. The monoisotopic (exact) mass is 312 g/mol. The topological polar surface area (TPSA) is 32.7 Å². The molecule has 1 aliphatic heterocycles. The number of benzene rings is 1. The molecule has 2 rings (SSSR count). The van der Waals surface area contributed by atoms with Crippen molar-refractivity contribution in [1.82, 2.24) is 0 Å². The maximum absolute atomic E-state index is 13.3. The standard InChI is InChI=1S/C15H18F2N2OS/c1-4-19(12-7-5-11(17)6-8-12)14-18-13(20)15(3,21-14)9-10(2)16/h5-8,10H,4,9H2,1-3H3. The SMILES string of the molecule is CCN(C1=NC(=O)C(C)(CC(C)F)S1)c1ccc(F)cc1. The smallest absolute Gasteiger partial charge is 0.264 e. The largest absolute Gasteiger partial charge is 0.321 e.